The Morgan fingerprint density at radius 3 is 2.24 bits per heavy atom. The molecule has 1 heterocycles. The summed E-state index contributed by atoms with van der Waals surface area (Å²) in [4.78, 5) is 40.5. The first-order chi connectivity index (χ1) is 20.0. The molecule has 42 heavy (non-hydrogen) atoms. The van der Waals surface area contributed by atoms with E-state index >= 15 is 0 Å². The zero-order valence-corrected chi connectivity index (χ0v) is 25.7. The lowest BCUT2D eigenvalue weighted by molar-refractivity contribution is -0.129. The van der Waals surface area contributed by atoms with Gasteiger partial charge in [-0.15, -0.1) is 0 Å². The van der Waals surface area contributed by atoms with Crippen LogP contribution in [0.3, 0.4) is 0 Å². The van der Waals surface area contributed by atoms with E-state index in [1.165, 1.54) is 17.5 Å². The van der Waals surface area contributed by atoms with Gasteiger partial charge in [0.1, 0.15) is 18.4 Å². The lowest BCUT2D eigenvalue weighted by Crippen LogP contribution is -2.52. The molecule has 0 bridgehead atoms. The first-order valence-electron chi connectivity index (χ1n) is 14.4. The molecule has 1 aliphatic heterocycles. The molecular formula is C31H49N7O4. The molecule has 8 N–H and O–H groups in total. The van der Waals surface area contributed by atoms with Gasteiger partial charge in [-0.2, -0.15) is 0 Å². The minimum Gasteiger partial charge on any atom is -0.492 e. The lowest BCUT2D eigenvalue weighted by Gasteiger charge is -2.19. The van der Waals surface area contributed by atoms with E-state index in [9.17, 15) is 14.4 Å². The van der Waals surface area contributed by atoms with E-state index in [2.05, 4.69) is 78.2 Å². The molecule has 2 aromatic rings. The third-order valence-electron chi connectivity index (χ3n) is 5.72. The molecule has 0 radical (unpaired) electrons. The van der Waals surface area contributed by atoms with Crippen LogP contribution in [-0.4, -0.2) is 68.6 Å². The van der Waals surface area contributed by atoms with Gasteiger partial charge in [-0.25, -0.2) is 0 Å². The number of fused-ring (bicyclic) bond motifs is 1. The Balaban J connectivity index is 0.000000671. The summed E-state index contributed by atoms with van der Waals surface area (Å²) in [6, 6.07) is 15.1. The second-order valence-corrected chi connectivity index (χ2v) is 10.1. The Hall–Kier alpha value is -4.12. The van der Waals surface area contributed by atoms with E-state index in [4.69, 9.17) is 16.2 Å². The summed E-state index contributed by atoms with van der Waals surface area (Å²) in [7, 11) is 0. The second kappa shape index (κ2) is 20.7. The third kappa shape index (κ3) is 16.2. The molecule has 0 aromatic heterocycles. The van der Waals surface area contributed by atoms with Crippen LogP contribution in [0.5, 0.6) is 5.75 Å². The van der Waals surface area contributed by atoms with Crippen LogP contribution in [0.4, 0.5) is 0 Å². The largest absolute Gasteiger partial charge is 0.492 e. The number of hydrogen-bond donors (Lipinski definition) is 6. The molecule has 3 rings (SSSR count). The Morgan fingerprint density at radius 1 is 0.952 bits per heavy atom. The number of rotatable bonds is 2. The predicted molar refractivity (Wildman–Crippen MR) is 168 cm³/mol. The van der Waals surface area contributed by atoms with Gasteiger partial charge in [0.05, 0.1) is 19.6 Å². The molecule has 232 valence electrons. The number of carbonyl (C=O) groups excluding carboxylic acids is 3. The average molecular weight is 584 g/mol. The van der Waals surface area contributed by atoms with Gasteiger partial charge in [-0.3, -0.25) is 19.4 Å². The van der Waals surface area contributed by atoms with Crippen LogP contribution in [0.25, 0.3) is 0 Å². The second-order valence-electron chi connectivity index (χ2n) is 10.1. The zero-order valence-electron chi connectivity index (χ0n) is 25.7. The number of benzene rings is 2. The number of nitrogens with zero attached hydrogens (tertiary/aromatic N) is 1. The smallest absolute Gasteiger partial charge is 0.244 e. The van der Waals surface area contributed by atoms with Crippen LogP contribution < -0.4 is 37.5 Å². The summed E-state index contributed by atoms with van der Waals surface area (Å²) in [6.45, 7) is 10.8. The first-order valence-corrected chi connectivity index (χ1v) is 14.4. The normalized spacial score (nSPS) is 18.3. The number of para-hydroxylation sites is 1. The van der Waals surface area contributed by atoms with Crippen molar-refractivity contribution in [1.29, 1.82) is 0 Å². The number of aryl methyl sites for hydroxylation is 3. The highest BCUT2D eigenvalue weighted by Gasteiger charge is 2.21. The maximum Gasteiger partial charge on any atom is 0.244 e. The molecule has 2 aromatic carbocycles. The van der Waals surface area contributed by atoms with Crippen molar-refractivity contribution in [2.24, 2.45) is 16.5 Å². The highest BCUT2D eigenvalue weighted by molar-refractivity contribution is 5.90. The summed E-state index contributed by atoms with van der Waals surface area (Å²) in [5.41, 5.74) is 14.4. The van der Waals surface area contributed by atoms with Gasteiger partial charge in [-0.05, 0) is 45.2 Å². The number of carbonyl (C=O) groups is 3. The van der Waals surface area contributed by atoms with Crippen molar-refractivity contribution in [2.75, 3.05) is 32.8 Å². The fraction of sp³-hybridized carbons (Fsp3) is 0.484. The predicted octanol–water partition coefficient (Wildman–Crippen LogP) is 1.70. The summed E-state index contributed by atoms with van der Waals surface area (Å²) < 4.78 is 5.91. The van der Waals surface area contributed by atoms with Crippen molar-refractivity contribution in [2.45, 2.75) is 66.0 Å². The van der Waals surface area contributed by atoms with Gasteiger partial charge >= 0.3 is 0 Å². The highest BCUT2D eigenvalue weighted by atomic mass is 16.5. The number of hydrogen-bond acceptors (Lipinski definition) is 6. The zero-order chi connectivity index (χ0) is 31.3. The number of nitrogens with two attached hydrogens (primary N) is 2. The highest BCUT2D eigenvalue weighted by Crippen LogP contribution is 2.19. The molecule has 11 nitrogen and oxygen atoms in total. The van der Waals surface area contributed by atoms with E-state index in [0.29, 0.717) is 26.0 Å². The van der Waals surface area contributed by atoms with Crippen molar-refractivity contribution >= 4 is 23.7 Å². The van der Waals surface area contributed by atoms with Gasteiger partial charge in [0.15, 0.2) is 5.96 Å². The molecule has 0 fully saturated rings. The topological polar surface area (TPSA) is 173 Å². The van der Waals surface area contributed by atoms with E-state index in [0.717, 1.165) is 11.3 Å². The van der Waals surface area contributed by atoms with E-state index in [1.54, 1.807) is 0 Å². The Morgan fingerprint density at radius 2 is 1.62 bits per heavy atom. The Kier molecular flexibility index (Phi) is 17.7. The molecule has 2 unspecified atom stereocenters. The van der Waals surface area contributed by atoms with Crippen LogP contribution in [0, 0.1) is 13.8 Å². The molecule has 11 heteroatoms. The van der Waals surface area contributed by atoms with Gasteiger partial charge < -0.3 is 37.5 Å². The van der Waals surface area contributed by atoms with Crippen LogP contribution in [0.15, 0.2) is 53.5 Å². The fourth-order valence-electron chi connectivity index (χ4n) is 3.69. The standard InChI is InChI=1S/C20H31N7O4.C8H10.C3H8/c1-13-12-31-16-7-3-2-5-14(16)6-4-8-23-19(30)15(9-26-20(21)22)27-18(29)11-25-17(28)10-24-13;1-7-4-3-5-8(2)6-7;1-3-2/h2-3,5,7,13,15,24H,4,6,8-12H2,1H3,(H,23,30)(H,25,28)(H,27,29)(H4,21,22,26);3-6H,1-2H3;3H2,1-2H3. The van der Waals surface area contributed by atoms with Gasteiger partial charge in [-0.1, -0.05) is 73.9 Å². The molecule has 0 aliphatic carbocycles. The molecule has 2 atom stereocenters. The fourth-order valence-corrected chi connectivity index (χ4v) is 3.69. The molecule has 0 spiro atoms. The van der Waals surface area contributed by atoms with Crippen molar-refractivity contribution < 1.29 is 19.1 Å². The quantitative estimate of drug-likeness (QED) is 0.231. The molecule has 3 amide bonds. The number of amides is 3. The maximum absolute atomic E-state index is 12.5. The van der Waals surface area contributed by atoms with Gasteiger partial charge in [0.25, 0.3) is 0 Å². The van der Waals surface area contributed by atoms with Gasteiger partial charge in [0, 0.05) is 12.6 Å². The summed E-state index contributed by atoms with van der Waals surface area (Å²) in [5.74, 6) is -0.706. The van der Waals surface area contributed by atoms with E-state index in [1.807, 2.05) is 31.2 Å². The first kappa shape index (κ1) is 35.9. The lowest BCUT2D eigenvalue weighted by atomic mass is 10.1. The van der Waals surface area contributed by atoms with Crippen LogP contribution in [-0.2, 0) is 20.8 Å². The van der Waals surface area contributed by atoms with Crippen molar-refractivity contribution in [3.8, 4) is 5.75 Å². The van der Waals surface area contributed by atoms with Crippen molar-refractivity contribution in [3.63, 3.8) is 0 Å². The summed E-state index contributed by atoms with van der Waals surface area (Å²) in [5, 5.41) is 10.9. The molecule has 1 aliphatic rings. The maximum atomic E-state index is 12.5. The van der Waals surface area contributed by atoms with Gasteiger partial charge in [0.2, 0.25) is 17.7 Å². The monoisotopic (exact) mass is 583 g/mol. The van der Waals surface area contributed by atoms with Crippen molar-refractivity contribution in [1.82, 2.24) is 21.3 Å². The SMILES string of the molecule is CC1COc2ccccc2CCCNC(=O)C(CN=C(N)N)NC(=O)CNC(=O)CN1.CCC.Cc1cccc(C)c1. The summed E-state index contributed by atoms with van der Waals surface area (Å²) in [6.07, 6.45) is 2.63. The van der Waals surface area contributed by atoms with Crippen LogP contribution >= 0.6 is 0 Å². The number of nitrogens with one attached hydrogen (secondary N) is 4. The minimum atomic E-state index is -0.959. The number of guanidine groups is 1. The molecular weight excluding hydrogens is 534 g/mol. The van der Waals surface area contributed by atoms with E-state index in [-0.39, 0.29) is 37.5 Å². The van der Waals surface area contributed by atoms with Crippen LogP contribution in [0.1, 0.15) is 50.3 Å². The molecule has 0 saturated carbocycles. The Labute approximate surface area is 250 Å². The van der Waals surface area contributed by atoms with E-state index < -0.39 is 17.9 Å². The number of ether oxygens (including phenoxy) is 1. The summed E-state index contributed by atoms with van der Waals surface area (Å²) >= 11 is 0. The average Bonchev–Trinajstić information content (AvgIpc) is 2.94. The third-order valence-corrected chi connectivity index (χ3v) is 5.72. The molecule has 0 saturated heterocycles. The van der Waals surface area contributed by atoms with Crippen molar-refractivity contribution in [3.05, 3.63) is 65.2 Å². The number of aliphatic imine (C=N–C) groups is 1. The Bertz CT molecular complexity index is 1120. The van der Waals surface area contributed by atoms with Crippen LogP contribution in [0.2, 0.25) is 0 Å². The minimum absolute atomic E-state index is 0.0252.